The van der Waals surface area contributed by atoms with Crippen LogP contribution in [0.1, 0.15) is 25.0 Å². The largest absolute Gasteiger partial charge is 0.392 e. The molecule has 2 aromatic rings. The van der Waals surface area contributed by atoms with Crippen molar-refractivity contribution in [1.82, 2.24) is 0 Å². The average Bonchev–Trinajstić information content (AvgIpc) is 2.49. The van der Waals surface area contributed by atoms with Crippen molar-refractivity contribution in [1.29, 1.82) is 0 Å². The van der Waals surface area contributed by atoms with Gasteiger partial charge in [0.15, 0.2) is 0 Å². The summed E-state index contributed by atoms with van der Waals surface area (Å²) in [6.07, 6.45) is 0.857. The van der Waals surface area contributed by atoms with E-state index in [1.165, 1.54) is 24.3 Å². The lowest BCUT2D eigenvalue weighted by atomic mass is 10.0. The molecule has 0 saturated carbocycles. The van der Waals surface area contributed by atoms with E-state index in [4.69, 9.17) is 0 Å². The van der Waals surface area contributed by atoms with Gasteiger partial charge in [-0.25, -0.2) is 12.8 Å². The van der Waals surface area contributed by atoms with E-state index in [1.54, 1.807) is 12.1 Å². The second-order valence-electron chi connectivity index (χ2n) is 5.78. The molecule has 0 heterocycles. The zero-order valence-electron chi connectivity index (χ0n) is 13.1. The number of aliphatic hydroxyl groups excluding tert-OH is 1. The quantitative estimate of drug-likeness (QED) is 0.850. The summed E-state index contributed by atoms with van der Waals surface area (Å²) in [5.74, 6) is -0.252. The fourth-order valence-corrected chi connectivity index (χ4v) is 3.39. The van der Waals surface area contributed by atoms with Crippen LogP contribution in [0, 0.1) is 11.7 Å². The molecule has 0 fully saturated rings. The maximum atomic E-state index is 13.9. The Labute approximate surface area is 136 Å². The Hall–Kier alpha value is -1.92. The van der Waals surface area contributed by atoms with Gasteiger partial charge in [0.05, 0.1) is 17.2 Å². The molecule has 0 aliphatic rings. The molecule has 0 atom stereocenters. The Morgan fingerprint density at radius 1 is 1.13 bits per heavy atom. The first-order chi connectivity index (χ1) is 10.8. The van der Waals surface area contributed by atoms with Crippen LogP contribution in [0.5, 0.6) is 0 Å². The lowest BCUT2D eigenvalue weighted by Crippen LogP contribution is -2.15. The van der Waals surface area contributed by atoms with Gasteiger partial charge < -0.3 is 5.11 Å². The second kappa shape index (κ2) is 7.10. The molecule has 4 nitrogen and oxygen atoms in total. The van der Waals surface area contributed by atoms with E-state index in [0.29, 0.717) is 5.92 Å². The van der Waals surface area contributed by atoms with Crippen LogP contribution >= 0.6 is 0 Å². The molecule has 2 N–H and O–H groups in total. The molecule has 124 valence electrons. The Kier molecular flexibility index (Phi) is 5.38. The molecule has 0 spiro atoms. The summed E-state index contributed by atoms with van der Waals surface area (Å²) in [5.41, 5.74) is 1.01. The van der Waals surface area contributed by atoms with Crippen molar-refractivity contribution in [3.05, 3.63) is 59.4 Å². The third kappa shape index (κ3) is 4.30. The van der Waals surface area contributed by atoms with Gasteiger partial charge in [0.1, 0.15) is 5.82 Å². The van der Waals surface area contributed by atoms with E-state index >= 15 is 0 Å². The van der Waals surface area contributed by atoms with Gasteiger partial charge in [-0.15, -0.1) is 0 Å². The van der Waals surface area contributed by atoms with Crippen LogP contribution in [0.2, 0.25) is 0 Å². The number of para-hydroxylation sites is 1. The fourth-order valence-electron chi connectivity index (χ4n) is 2.28. The summed E-state index contributed by atoms with van der Waals surface area (Å²) in [6.45, 7) is 3.71. The molecular formula is C17H20FNO3S. The molecule has 2 rings (SSSR count). The predicted octanol–water partition coefficient (Wildman–Crippen LogP) is 3.32. The van der Waals surface area contributed by atoms with Gasteiger partial charge in [-0.05, 0) is 36.1 Å². The van der Waals surface area contributed by atoms with Crippen molar-refractivity contribution >= 4 is 15.7 Å². The minimum absolute atomic E-state index is 0.0529. The maximum absolute atomic E-state index is 13.9. The molecule has 0 aromatic heterocycles. The highest BCUT2D eigenvalue weighted by Gasteiger charge is 2.18. The molecular weight excluding hydrogens is 317 g/mol. The normalized spacial score (nSPS) is 11.7. The van der Waals surface area contributed by atoms with Crippen LogP contribution in [0.3, 0.4) is 0 Å². The maximum Gasteiger partial charge on any atom is 0.261 e. The van der Waals surface area contributed by atoms with Crippen LogP contribution < -0.4 is 4.72 Å². The monoisotopic (exact) mass is 337 g/mol. The number of halogens is 1. The van der Waals surface area contributed by atoms with E-state index in [1.807, 2.05) is 0 Å². The zero-order valence-corrected chi connectivity index (χ0v) is 13.9. The van der Waals surface area contributed by atoms with Gasteiger partial charge in [-0.3, -0.25) is 4.72 Å². The van der Waals surface area contributed by atoms with Crippen LogP contribution in [-0.4, -0.2) is 13.5 Å². The van der Waals surface area contributed by atoms with E-state index in [2.05, 4.69) is 18.6 Å². The minimum atomic E-state index is -3.91. The molecule has 0 unspecified atom stereocenters. The molecule has 6 heteroatoms. The molecule has 0 bridgehead atoms. The van der Waals surface area contributed by atoms with Gasteiger partial charge >= 0.3 is 0 Å². The van der Waals surface area contributed by atoms with E-state index in [-0.39, 0.29) is 16.1 Å². The van der Waals surface area contributed by atoms with Crippen molar-refractivity contribution in [2.45, 2.75) is 31.8 Å². The molecule has 0 aliphatic carbocycles. The van der Waals surface area contributed by atoms with Crippen molar-refractivity contribution in [3.63, 3.8) is 0 Å². The van der Waals surface area contributed by atoms with Crippen molar-refractivity contribution in [3.8, 4) is 0 Å². The van der Waals surface area contributed by atoms with Crippen LogP contribution in [-0.2, 0) is 23.1 Å². The first kappa shape index (κ1) is 17.4. The Bertz CT molecular complexity index is 771. The summed E-state index contributed by atoms with van der Waals surface area (Å²) in [4.78, 5) is 0.0529. The van der Waals surface area contributed by atoms with Crippen molar-refractivity contribution < 1.29 is 17.9 Å². The van der Waals surface area contributed by atoms with Gasteiger partial charge in [0.25, 0.3) is 10.0 Å². The summed E-state index contributed by atoms with van der Waals surface area (Å²) in [6, 6.07) is 10.5. The molecule has 23 heavy (non-hydrogen) atoms. The topological polar surface area (TPSA) is 66.4 Å². The summed E-state index contributed by atoms with van der Waals surface area (Å²) >= 11 is 0. The Morgan fingerprint density at radius 3 is 2.35 bits per heavy atom. The first-order valence-corrected chi connectivity index (χ1v) is 8.82. The average molecular weight is 337 g/mol. The molecule has 2 aromatic carbocycles. The number of sulfonamides is 1. The summed E-state index contributed by atoms with van der Waals surface area (Å²) in [7, 11) is -3.91. The highest BCUT2D eigenvalue weighted by Crippen LogP contribution is 2.24. The summed E-state index contributed by atoms with van der Waals surface area (Å²) in [5, 5.41) is 9.23. The number of rotatable bonds is 6. The first-order valence-electron chi connectivity index (χ1n) is 7.33. The number of hydrogen-bond donors (Lipinski definition) is 2. The van der Waals surface area contributed by atoms with Crippen LogP contribution in [0.25, 0.3) is 0 Å². The van der Waals surface area contributed by atoms with E-state index < -0.39 is 22.4 Å². The minimum Gasteiger partial charge on any atom is -0.392 e. The SMILES string of the molecule is CC(C)Cc1ccc(S(=O)(=O)Nc2c(F)cccc2CO)cc1. The van der Waals surface area contributed by atoms with Gasteiger partial charge in [0.2, 0.25) is 0 Å². The number of benzene rings is 2. The second-order valence-corrected chi connectivity index (χ2v) is 7.46. The van der Waals surface area contributed by atoms with Gasteiger partial charge in [-0.1, -0.05) is 38.1 Å². The lowest BCUT2D eigenvalue weighted by Gasteiger charge is -2.13. The zero-order chi connectivity index (χ0) is 17.0. The van der Waals surface area contributed by atoms with Crippen molar-refractivity contribution in [2.24, 2.45) is 5.92 Å². The summed E-state index contributed by atoms with van der Waals surface area (Å²) < 4.78 is 40.9. The predicted molar refractivity (Wildman–Crippen MR) is 88.1 cm³/mol. The number of anilines is 1. The fraction of sp³-hybridized carbons (Fsp3) is 0.294. The Morgan fingerprint density at radius 2 is 1.78 bits per heavy atom. The van der Waals surface area contributed by atoms with Crippen LogP contribution in [0.15, 0.2) is 47.4 Å². The smallest absolute Gasteiger partial charge is 0.261 e. The molecule has 0 amide bonds. The third-order valence-electron chi connectivity index (χ3n) is 3.38. The van der Waals surface area contributed by atoms with Crippen LogP contribution in [0.4, 0.5) is 10.1 Å². The van der Waals surface area contributed by atoms with E-state index in [0.717, 1.165) is 18.1 Å². The third-order valence-corrected chi connectivity index (χ3v) is 4.75. The highest BCUT2D eigenvalue weighted by atomic mass is 32.2. The highest BCUT2D eigenvalue weighted by molar-refractivity contribution is 7.92. The standard InChI is InChI=1S/C17H20FNO3S/c1-12(2)10-13-6-8-15(9-7-13)23(21,22)19-17-14(11-20)4-3-5-16(17)18/h3-9,12,19-20H,10-11H2,1-2H3. The lowest BCUT2D eigenvalue weighted by molar-refractivity contribution is 0.282. The van der Waals surface area contributed by atoms with Gasteiger partial charge in [-0.2, -0.15) is 0 Å². The number of hydrogen-bond acceptors (Lipinski definition) is 3. The molecule has 0 radical (unpaired) electrons. The van der Waals surface area contributed by atoms with E-state index in [9.17, 15) is 17.9 Å². The van der Waals surface area contributed by atoms with Gasteiger partial charge in [0, 0.05) is 5.56 Å². The number of aliphatic hydroxyl groups is 1. The van der Waals surface area contributed by atoms with Crippen molar-refractivity contribution in [2.75, 3.05) is 4.72 Å². The Balaban J connectivity index is 2.29. The number of nitrogens with one attached hydrogen (secondary N) is 1. The molecule has 0 saturated heterocycles. The molecule has 0 aliphatic heterocycles.